The van der Waals surface area contributed by atoms with Crippen molar-refractivity contribution >= 4 is 23.2 Å². The molecule has 0 heterocycles. The quantitative estimate of drug-likeness (QED) is 0.319. The second-order valence-corrected chi connectivity index (χ2v) is 7.28. The maximum atomic E-state index is 6.22. The van der Waals surface area contributed by atoms with Crippen LogP contribution in [0.2, 0.25) is 0 Å². The molecule has 1 N–H and O–H groups in total. The van der Waals surface area contributed by atoms with Gasteiger partial charge in [0.2, 0.25) is 0 Å². The van der Waals surface area contributed by atoms with Crippen LogP contribution < -0.4 is 14.8 Å². The van der Waals surface area contributed by atoms with Crippen LogP contribution in [0.4, 0.5) is 0 Å². The highest BCUT2D eigenvalue weighted by Crippen LogP contribution is 2.29. The maximum Gasteiger partial charge on any atom is 0.124 e. The third kappa shape index (κ3) is 5.78. The second kappa shape index (κ2) is 11.4. The van der Waals surface area contributed by atoms with Crippen LogP contribution in [0.25, 0.3) is 10.8 Å². The van der Waals surface area contributed by atoms with Gasteiger partial charge in [0.05, 0.1) is 7.11 Å². The molecule has 0 aliphatic carbocycles. The SMILES string of the molecule is COc1ccccc1CCNCc1c(OCc2ccccc2)ccc2ccccc12.Cl. The number of ether oxygens (including phenoxy) is 2. The first-order chi connectivity index (χ1) is 14.8. The van der Waals surface area contributed by atoms with Crippen molar-refractivity contribution in [2.75, 3.05) is 13.7 Å². The highest BCUT2D eigenvalue weighted by atomic mass is 35.5. The van der Waals surface area contributed by atoms with E-state index in [9.17, 15) is 0 Å². The fourth-order valence-corrected chi connectivity index (χ4v) is 3.71. The van der Waals surface area contributed by atoms with E-state index in [4.69, 9.17) is 9.47 Å². The fourth-order valence-electron chi connectivity index (χ4n) is 3.71. The number of halogens is 1. The van der Waals surface area contributed by atoms with Crippen LogP contribution in [0.5, 0.6) is 11.5 Å². The molecule has 0 radical (unpaired) electrons. The Kier molecular flexibility index (Phi) is 8.34. The van der Waals surface area contributed by atoms with Crippen molar-refractivity contribution in [3.63, 3.8) is 0 Å². The maximum absolute atomic E-state index is 6.22. The molecule has 0 saturated carbocycles. The third-order valence-corrected chi connectivity index (χ3v) is 5.30. The van der Waals surface area contributed by atoms with Crippen LogP contribution in [0, 0.1) is 0 Å². The summed E-state index contributed by atoms with van der Waals surface area (Å²) in [6.07, 6.45) is 0.912. The molecule has 160 valence electrons. The van der Waals surface area contributed by atoms with E-state index in [0.717, 1.165) is 31.0 Å². The Balaban J connectivity index is 0.00000272. The van der Waals surface area contributed by atoms with E-state index < -0.39 is 0 Å². The zero-order valence-electron chi connectivity index (χ0n) is 17.7. The predicted molar refractivity (Wildman–Crippen MR) is 130 cm³/mol. The summed E-state index contributed by atoms with van der Waals surface area (Å²) in [7, 11) is 1.72. The van der Waals surface area contributed by atoms with Crippen molar-refractivity contribution in [2.24, 2.45) is 0 Å². The van der Waals surface area contributed by atoms with Gasteiger partial charge < -0.3 is 14.8 Å². The second-order valence-electron chi connectivity index (χ2n) is 7.28. The lowest BCUT2D eigenvalue weighted by atomic mass is 10.0. The van der Waals surface area contributed by atoms with Crippen molar-refractivity contribution in [3.8, 4) is 11.5 Å². The van der Waals surface area contributed by atoms with E-state index in [-0.39, 0.29) is 12.4 Å². The summed E-state index contributed by atoms with van der Waals surface area (Å²) >= 11 is 0. The van der Waals surface area contributed by atoms with Gasteiger partial charge in [0.1, 0.15) is 18.1 Å². The van der Waals surface area contributed by atoms with Gasteiger partial charge >= 0.3 is 0 Å². The molecule has 4 rings (SSSR count). The Labute approximate surface area is 190 Å². The lowest BCUT2D eigenvalue weighted by molar-refractivity contribution is 0.303. The summed E-state index contributed by atoms with van der Waals surface area (Å²) in [5, 5.41) is 6.05. The third-order valence-electron chi connectivity index (χ3n) is 5.30. The fraction of sp³-hybridized carbons (Fsp3) is 0.185. The molecule has 0 spiro atoms. The molecule has 4 aromatic rings. The summed E-state index contributed by atoms with van der Waals surface area (Å²) in [4.78, 5) is 0. The van der Waals surface area contributed by atoms with Gasteiger partial charge in [-0.25, -0.2) is 0 Å². The predicted octanol–water partition coefficient (Wildman–Crippen LogP) is 6.18. The van der Waals surface area contributed by atoms with Crippen molar-refractivity contribution in [3.05, 3.63) is 108 Å². The Morgan fingerprint density at radius 3 is 2.32 bits per heavy atom. The Morgan fingerprint density at radius 2 is 1.48 bits per heavy atom. The Hall–Kier alpha value is -3.01. The number of hydrogen-bond donors (Lipinski definition) is 1. The lowest BCUT2D eigenvalue weighted by Crippen LogP contribution is -2.18. The molecule has 0 bridgehead atoms. The van der Waals surface area contributed by atoms with Gasteiger partial charge in [0.25, 0.3) is 0 Å². The molecule has 31 heavy (non-hydrogen) atoms. The molecule has 0 aliphatic rings. The Bertz CT molecular complexity index is 1100. The smallest absolute Gasteiger partial charge is 0.124 e. The highest BCUT2D eigenvalue weighted by molar-refractivity contribution is 5.87. The van der Waals surface area contributed by atoms with Gasteiger partial charge in [-0.3, -0.25) is 0 Å². The topological polar surface area (TPSA) is 30.5 Å². The molecular weight excluding hydrogens is 406 g/mol. The zero-order valence-corrected chi connectivity index (χ0v) is 18.5. The average Bonchev–Trinajstić information content (AvgIpc) is 2.81. The van der Waals surface area contributed by atoms with E-state index in [1.54, 1.807) is 7.11 Å². The van der Waals surface area contributed by atoms with Crippen LogP contribution in [0.15, 0.2) is 91.0 Å². The summed E-state index contributed by atoms with van der Waals surface area (Å²) in [5.74, 6) is 1.87. The number of methoxy groups -OCH3 is 1. The molecule has 4 heteroatoms. The van der Waals surface area contributed by atoms with Crippen LogP contribution in [-0.4, -0.2) is 13.7 Å². The molecule has 0 atom stereocenters. The first kappa shape index (κ1) is 22.7. The minimum absolute atomic E-state index is 0. The minimum Gasteiger partial charge on any atom is -0.496 e. The molecule has 0 aliphatic heterocycles. The van der Waals surface area contributed by atoms with E-state index in [2.05, 4.69) is 66.0 Å². The molecule has 0 fully saturated rings. The summed E-state index contributed by atoms with van der Waals surface area (Å²) in [6.45, 7) is 2.18. The van der Waals surface area contributed by atoms with Gasteiger partial charge in [-0.15, -0.1) is 12.4 Å². The highest BCUT2D eigenvalue weighted by Gasteiger charge is 2.10. The molecule has 0 saturated heterocycles. The van der Waals surface area contributed by atoms with E-state index >= 15 is 0 Å². The monoisotopic (exact) mass is 433 g/mol. The molecule has 3 nitrogen and oxygen atoms in total. The lowest BCUT2D eigenvalue weighted by Gasteiger charge is -2.16. The number of nitrogens with one attached hydrogen (secondary N) is 1. The molecule has 0 amide bonds. The van der Waals surface area contributed by atoms with Crippen LogP contribution in [-0.2, 0) is 19.6 Å². The van der Waals surface area contributed by atoms with Gasteiger partial charge in [-0.05, 0) is 47.0 Å². The summed E-state index contributed by atoms with van der Waals surface area (Å²) < 4.78 is 11.7. The van der Waals surface area contributed by atoms with Crippen molar-refractivity contribution in [1.82, 2.24) is 5.32 Å². The van der Waals surface area contributed by atoms with E-state index in [1.165, 1.54) is 27.5 Å². The van der Waals surface area contributed by atoms with Crippen molar-refractivity contribution < 1.29 is 9.47 Å². The standard InChI is InChI=1S/C27H27NO2.ClH/c1-29-26-14-8-6-12-23(26)17-18-28-19-25-24-13-7-5-11-22(24)15-16-27(25)30-20-21-9-3-2-4-10-21;/h2-16,28H,17-20H2,1H3;1H. The largest absolute Gasteiger partial charge is 0.496 e. The molecular formula is C27H28ClNO2. The van der Waals surface area contributed by atoms with Gasteiger partial charge in [0, 0.05) is 12.1 Å². The summed E-state index contributed by atoms with van der Waals surface area (Å²) in [5.41, 5.74) is 3.58. The number of rotatable bonds is 9. The Morgan fingerprint density at radius 1 is 0.742 bits per heavy atom. The minimum atomic E-state index is 0. The van der Waals surface area contributed by atoms with Gasteiger partial charge in [-0.2, -0.15) is 0 Å². The first-order valence-corrected chi connectivity index (χ1v) is 10.3. The summed E-state index contributed by atoms with van der Waals surface area (Å²) in [6, 6.07) is 31.2. The normalized spacial score (nSPS) is 10.5. The average molecular weight is 434 g/mol. The van der Waals surface area contributed by atoms with E-state index in [0.29, 0.717) is 6.61 Å². The molecule has 0 aromatic heterocycles. The van der Waals surface area contributed by atoms with Crippen molar-refractivity contribution in [1.29, 1.82) is 0 Å². The van der Waals surface area contributed by atoms with Crippen LogP contribution in [0.3, 0.4) is 0 Å². The zero-order chi connectivity index (χ0) is 20.6. The number of fused-ring (bicyclic) bond motifs is 1. The molecule has 0 unspecified atom stereocenters. The number of benzene rings is 4. The number of hydrogen-bond acceptors (Lipinski definition) is 3. The van der Waals surface area contributed by atoms with Gasteiger partial charge in [0.15, 0.2) is 0 Å². The van der Waals surface area contributed by atoms with Crippen molar-refractivity contribution in [2.45, 2.75) is 19.6 Å². The number of para-hydroxylation sites is 1. The first-order valence-electron chi connectivity index (χ1n) is 10.3. The van der Waals surface area contributed by atoms with Crippen LogP contribution in [0.1, 0.15) is 16.7 Å². The molecule has 4 aromatic carbocycles. The van der Waals surface area contributed by atoms with Gasteiger partial charge in [-0.1, -0.05) is 78.9 Å². The van der Waals surface area contributed by atoms with E-state index in [1.807, 2.05) is 30.3 Å². The van der Waals surface area contributed by atoms with Crippen LogP contribution >= 0.6 is 12.4 Å².